The second-order valence-electron chi connectivity index (χ2n) is 7.40. The third kappa shape index (κ3) is 3.14. The maximum atomic E-state index is 13.7. The van der Waals surface area contributed by atoms with Gasteiger partial charge in [-0.25, -0.2) is 4.98 Å². The lowest BCUT2D eigenvalue weighted by molar-refractivity contribution is 0.754. The Hall–Kier alpha value is -3.70. The monoisotopic (exact) mass is 427 g/mol. The molecule has 152 valence electrons. The molecule has 0 spiro atoms. The van der Waals surface area contributed by atoms with Crippen molar-refractivity contribution in [3.63, 3.8) is 0 Å². The lowest BCUT2D eigenvalue weighted by atomic mass is 10.1. The first-order valence-electron chi connectivity index (χ1n) is 9.87. The van der Waals surface area contributed by atoms with Gasteiger partial charge >= 0.3 is 0 Å². The third-order valence-electron chi connectivity index (χ3n) is 5.50. The molecule has 0 radical (unpaired) electrons. The molecule has 0 bridgehead atoms. The second kappa shape index (κ2) is 7.52. The fourth-order valence-electron chi connectivity index (χ4n) is 3.95. The predicted molar refractivity (Wildman–Crippen MR) is 125 cm³/mol. The summed E-state index contributed by atoms with van der Waals surface area (Å²) in [6, 6.07) is 24.1. The Morgan fingerprint density at radius 2 is 1.55 bits per heavy atom. The van der Waals surface area contributed by atoms with Gasteiger partial charge in [0.25, 0.3) is 5.56 Å². The fraction of sp³-hybridized carbons (Fsp3) is 0.0800. The van der Waals surface area contributed by atoms with Gasteiger partial charge in [0.05, 0.1) is 17.1 Å². The van der Waals surface area contributed by atoms with Crippen LogP contribution in [0, 0.1) is 0 Å². The first-order chi connectivity index (χ1) is 15.1. The lowest BCUT2D eigenvalue weighted by Crippen LogP contribution is -2.29. The molecule has 5 aromatic rings. The number of nitrogens with zero attached hydrogens (tertiary/aromatic N) is 3. The van der Waals surface area contributed by atoms with Crippen molar-refractivity contribution >= 4 is 33.5 Å². The van der Waals surface area contributed by atoms with Crippen molar-refractivity contribution in [1.82, 2.24) is 14.1 Å². The van der Waals surface area contributed by atoms with E-state index in [0.717, 1.165) is 11.1 Å². The van der Waals surface area contributed by atoms with E-state index in [1.807, 2.05) is 67.7 Å². The summed E-state index contributed by atoms with van der Waals surface area (Å²) in [6.45, 7) is 0.277. The summed E-state index contributed by atoms with van der Waals surface area (Å²) in [7, 11) is 1.81. The van der Waals surface area contributed by atoms with Crippen LogP contribution in [0.4, 0.5) is 0 Å². The Bertz CT molecular complexity index is 1570. The van der Waals surface area contributed by atoms with Gasteiger partial charge in [0, 0.05) is 18.0 Å². The van der Waals surface area contributed by atoms with Gasteiger partial charge < -0.3 is 4.57 Å². The average molecular weight is 428 g/mol. The molecule has 0 amide bonds. The minimum absolute atomic E-state index is 0.0768. The van der Waals surface area contributed by atoms with Gasteiger partial charge in [-0.15, -0.1) is 0 Å². The molecule has 2 heterocycles. The topological polar surface area (TPSA) is 56.9 Å². The number of benzene rings is 3. The molecule has 6 heteroatoms. The van der Waals surface area contributed by atoms with Crippen LogP contribution in [0.5, 0.6) is 0 Å². The molecule has 0 aliphatic rings. The van der Waals surface area contributed by atoms with Crippen LogP contribution < -0.4 is 11.0 Å². The summed E-state index contributed by atoms with van der Waals surface area (Å²) in [5.41, 5.74) is 1.94. The maximum Gasteiger partial charge on any atom is 0.267 e. The van der Waals surface area contributed by atoms with Crippen LogP contribution in [0.15, 0.2) is 88.5 Å². The number of fused-ring (bicyclic) bond motifs is 2. The Morgan fingerprint density at radius 1 is 0.871 bits per heavy atom. The van der Waals surface area contributed by atoms with Crippen LogP contribution in [0.1, 0.15) is 5.56 Å². The van der Waals surface area contributed by atoms with Gasteiger partial charge in [0.2, 0.25) is 5.43 Å². The highest BCUT2D eigenvalue weighted by Crippen LogP contribution is 2.27. The van der Waals surface area contributed by atoms with Gasteiger partial charge in [0.15, 0.2) is 5.65 Å². The van der Waals surface area contributed by atoms with E-state index in [1.54, 1.807) is 22.8 Å². The van der Waals surface area contributed by atoms with E-state index in [9.17, 15) is 9.59 Å². The third-order valence-corrected chi connectivity index (χ3v) is 5.83. The van der Waals surface area contributed by atoms with Crippen molar-refractivity contribution in [3.8, 4) is 11.4 Å². The molecule has 3 aromatic carbocycles. The zero-order chi connectivity index (χ0) is 21.5. The highest BCUT2D eigenvalue weighted by atomic mass is 35.5. The van der Waals surface area contributed by atoms with Gasteiger partial charge in [-0.2, -0.15) is 0 Å². The highest BCUT2D eigenvalue weighted by Gasteiger charge is 2.20. The zero-order valence-electron chi connectivity index (χ0n) is 16.7. The van der Waals surface area contributed by atoms with E-state index >= 15 is 0 Å². The minimum atomic E-state index is -0.380. The number of aryl methyl sites for hydroxylation is 1. The summed E-state index contributed by atoms with van der Waals surface area (Å²) in [4.78, 5) is 31.8. The van der Waals surface area contributed by atoms with E-state index in [-0.39, 0.29) is 22.9 Å². The molecule has 0 aliphatic heterocycles. The van der Waals surface area contributed by atoms with E-state index in [0.29, 0.717) is 27.4 Å². The number of rotatable bonds is 3. The van der Waals surface area contributed by atoms with E-state index < -0.39 is 0 Å². The summed E-state index contributed by atoms with van der Waals surface area (Å²) in [6.07, 6.45) is 0. The molecule has 31 heavy (non-hydrogen) atoms. The summed E-state index contributed by atoms with van der Waals surface area (Å²) >= 11 is 6.48. The second-order valence-corrected chi connectivity index (χ2v) is 7.80. The van der Waals surface area contributed by atoms with Crippen LogP contribution >= 0.6 is 11.6 Å². The number of halogens is 1. The molecule has 0 atom stereocenters. The van der Waals surface area contributed by atoms with Crippen molar-refractivity contribution in [2.24, 2.45) is 7.05 Å². The number of aromatic nitrogens is 3. The van der Waals surface area contributed by atoms with E-state index in [2.05, 4.69) is 0 Å². The fourth-order valence-corrected chi connectivity index (χ4v) is 4.17. The van der Waals surface area contributed by atoms with Crippen molar-refractivity contribution in [1.29, 1.82) is 0 Å². The molecule has 0 saturated carbocycles. The Balaban J connectivity index is 1.94. The molecule has 5 nitrogen and oxygen atoms in total. The largest absolute Gasteiger partial charge is 0.328 e. The lowest BCUT2D eigenvalue weighted by Gasteiger charge is -2.17. The summed E-state index contributed by atoms with van der Waals surface area (Å²) in [5, 5.41) is 1.06. The smallest absolute Gasteiger partial charge is 0.267 e. The molecular formula is C25H18ClN3O2. The molecule has 0 saturated heterocycles. The quantitative estimate of drug-likeness (QED) is 0.395. The molecule has 5 rings (SSSR count). The first-order valence-corrected chi connectivity index (χ1v) is 10.2. The summed E-state index contributed by atoms with van der Waals surface area (Å²) in [5.74, 6) is 0.428. The number of hydrogen-bond acceptors (Lipinski definition) is 3. The normalized spacial score (nSPS) is 11.3. The van der Waals surface area contributed by atoms with Crippen molar-refractivity contribution in [2.45, 2.75) is 6.54 Å². The average Bonchev–Trinajstić information content (AvgIpc) is 2.80. The first kappa shape index (κ1) is 19.3. The minimum Gasteiger partial charge on any atom is -0.328 e. The molecule has 2 aromatic heterocycles. The molecule has 0 fully saturated rings. The molecular weight excluding hydrogens is 410 g/mol. The van der Waals surface area contributed by atoms with Crippen LogP contribution in [-0.4, -0.2) is 14.1 Å². The number of para-hydroxylation sites is 1. The van der Waals surface area contributed by atoms with Crippen molar-refractivity contribution < 1.29 is 0 Å². The van der Waals surface area contributed by atoms with Gasteiger partial charge in [-0.1, -0.05) is 66.2 Å². The number of hydrogen-bond donors (Lipinski definition) is 0. The van der Waals surface area contributed by atoms with Gasteiger partial charge in [-0.05, 0) is 29.8 Å². The van der Waals surface area contributed by atoms with Gasteiger partial charge in [-0.3, -0.25) is 14.2 Å². The van der Waals surface area contributed by atoms with E-state index in [1.165, 1.54) is 4.57 Å². The molecule has 0 aliphatic carbocycles. The maximum absolute atomic E-state index is 13.7. The Kier molecular flexibility index (Phi) is 4.68. The van der Waals surface area contributed by atoms with Crippen LogP contribution in [0.25, 0.3) is 33.3 Å². The van der Waals surface area contributed by atoms with E-state index in [4.69, 9.17) is 16.6 Å². The molecule has 0 unspecified atom stereocenters. The van der Waals surface area contributed by atoms with Crippen molar-refractivity contribution in [3.05, 3.63) is 110 Å². The number of pyridine rings is 1. The summed E-state index contributed by atoms with van der Waals surface area (Å²) < 4.78 is 3.33. The zero-order valence-corrected chi connectivity index (χ0v) is 17.5. The SMILES string of the molecule is Cn1c2ccccc2c(=O)c2c(=O)n(Cc3ccccc3)c(-c3ccccc3Cl)nc21. The van der Waals surface area contributed by atoms with Crippen LogP contribution in [0.3, 0.4) is 0 Å². The highest BCUT2D eigenvalue weighted by molar-refractivity contribution is 6.33. The van der Waals surface area contributed by atoms with Crippen molar-refractivity contribution in [2.75, 3.05) is 0 Å². The van der Waals surface area contributed by atoms with Gasteiger partial charge in [0.1, 0.15) is 11.2 Å². The Labute approximate surface area is 182 Å². The molecule has 0 N–H and O–H groups in total. The predicted octanol–water partition coefficient (Wildman–Crippen LogP) is 4.62. The van der Waals surface area contributed by atoms with Crippen LogP contribution in [-0.2, 0) is 13.6 Å². The van der Waals surface area contributed by atoms with Crippen LogP contribution in [0.2, 0.25) is 5.02 Å². The Morgan fingerprint density at radius 3 is 2.32 bits per heavy atom. The standard InChI is InChI=1S/C25H18ClN3O2/c1-28-20-14-8-6-12-18(20)22(30)21-24(28)27-23(17-11-5-7-13-19(17)26)29(25(21)31)15-16-9-3-2-4-10-16/h2-14H,15H2,1H3.